The quantitative estimate of drug-likeness (QED) is 0.863. The fourth-order valence-electron chi connectivity index (χ4n) is 3.18. The molecule has 2 N–H and O–H groups in total. The van der Waals surface area contributed by atoms with E-state index in [0.29, 0.717) is 6.42 Å². The Bertz CT molecular complexity index is 642. The SMILES string of the molecule is O=C(NC1CCCS(=O)(=O)C1)C1CCNc2ccccc21. The summed E-state index contributed by atoms with van der Waals surface area (Å²) in [5, 5.41) is 6.23. The molecule has 1 aromatic rings. The number of para-hydroxylation sites is 1. The molecule has 3 rings (SSSR count). The number of sulfone groups is 1. The molecule has 0 radical (unpaired) electrons. The minimum atomic E-state index is -3.00. The van der Waals surface area contributed by atoms with Gasteiger partial charge in [-0.2, -0.15) is 0 Å². The van der Waals surface area contributed by atoms with Crippen LogP contribution in [0.5, 0.6) is 0 Å². The maximum atomic E-state index is 12.5. The van der Waals surface area contributed by atoms with Crippen molar-refractivity contribution in [2.75, 3.05) is 23.4 Å². The van der Waals surface area contributed by atoms with Crippen LogP contribution in [0.15, 0.2) is 24.3 Å². The van der Waals surface area contributed by atoms with Crippen LogP contribution >= 0.6 is 0 Å². The highest BCUT2D eigenvalue weighted by Crippen LogP contribution is 2.31. The van der Waals surface area contributed by atoms with Gasteiger partial charge in [-0.15, -0.1) is 0 Å². The highest BCUT2D eigenvalue weighted by molar-refractivity contribution is 7.91. The number of carbonyl (C=O) groups is 1. The zero-order chi connectivity index (χ0) is 14.9. The highest BCUT2D eigenvalue weighted by Gasteiger charge is 2.30. The highest BCUT2D eigenvalue weighted by atomic mass is 32.2. The summed E-state index contributed by atoms with van der Waals surface area (Å²) in [4.78, 5) is 12.5. The predicted octanol–water partition coefficient (Wildman–Crippen LogP) is 1.28. The Hall–Kier alpha value is -1.56. The van der Waals surface area contributed by atoms with E-state index in [1.54, 1.807) is 0 Å². The zero-order valence-electron chi connectivity index (χ0n) is 11.8. The van der Waals surface area contributed by atoms with Gasteiger partial charge in [0.1, 0.15) is 0 Å². The molecule has 5 nitrogen and oxygen atoms in total. The van der Waals surface area contributed by atoms with Gasteiger partial charge in [-0.05, 0) is 30.9 Å². The smallest absolute Gasteiger partial charge is 0.227 e. The van der Waals surface area contributed by atoms with Crippen molar-refractivity contribution < 1.29 is 13.2 Å². The summed E-state index contributed by atoms with van der Waals surface area (Å²) in [5.41, 5.74) is 2.00. The number of hydrogen-bond donors (Lipinski definition) is 2. The van der Waals surface area contributed by atoms with E-state index < -0.39 is 9.84 Å². The van der Waals surface area contributed by atoms with Crippen molar-refractivity contribution in [1.82, 2.24) is 5.32 Å². The summed E-state index contributed by atoms with van der Waals surface area (Å²) in [6.07, 6.45) is 2.12. The largest absolute Gasteiger partial charge is 0.385 e. The molecule has 1 aromatic carbocycles. The lowest BCUT2D eigenvalue weighted by atomic mass is 9.90. The standard InChI is InChI=1S/C15H20N2O3S/c18-15(17-11-4-3-9-21(19,20)10-11)13-7-8-16-14-6-2-1-5-12(13)14/h1-2,5-6,11,13,16H,3-4,7-10H2,(H,17,18). The lowest BCUT2D eigenvalue weighted by Crippen LogP contribution is -2.45. The second-order valence-corrected chi connectivity index (χ2v) is 8.05. The van der Waals surface area contributed by atoms with Gasteiger partial charge in [0.2, 0.25) is 5.91 Å². The lowest BCUT2D eigenvalue weighted by molar-refractivity contribution is -0.123. The first-order valence-corrected chi connectivity index (χ1v) is 9.21. The Morgan fingerprint density at radius 3 is 2.86 bits per heavy atom. The third-order valence-corrected chi connectivity index (χ3v) is 6.03. The van der Waals surface area contributed by atoms with E-state index in [4.69, 9.17) is 0 Å². The minimum Gasteiger partial charge on any atom is -0.385 e. The molecule has 2 heterocycles. The Morgan fingerprint density at radius 1 is 1.24 bits per heavy atom. The van der Waals surface area contributed by atoms with Crippen molar-refractivity contribution >= 4 is 21.4 Å². The predicted molar refractivity (Wildman–Crippen MR) is 82.1 cm³/mol. The van der Waals surface area contributed by atoms with Gasteiger partial charge in [-0.25, -0.2) is 8.42 Å². The van der Waals surface area contributed by atoms with Gasteiger partial charge in [0.05, 0.1) is 17.4 Å². The van der Waals surface area contributed by atoms with Crippen molar-refractivity contribution in [3.05, 3.63) is 29.8 Å². The van der Waals surface area contributed by atoms with E-state index in [0.717, 1.165) is 30.6 Å². The van der Waals surface area contributed by atoms with E-state index >= 15 is 0 Å². The molecule has 6 heteroatoms. The molecule has 2 unspecified atom stereocenters. The van der Waals surface area contributed by atoms with Gasteiger partial charge in [0.25, 0.3) is 0 Å². The maximum absolute atomic E-state index is 12.5. The maximum Gasteiger partial charge on any atom is 0.227 e. The molecule has 114 valence electrons. The summed E-state index contributed by atoms with van der Waals surface area (Å²) in [6, 6.07) is 7.57. The normalized spacial score (nSPS) is 27.2. The molecular weight excluding hydrogens is 288 g/mol. The van der Waals surface area contributed by atoms with Gasteiger partial charge in [-0.3, -0.25) is 4.79 Å². The van der Waals surface area contributed by atoms with Crippen LogP contribution < -0.4 is 10.6 Å². The average Bonchev–Trinajstić information content (AvgIpc) is 2.45. The summed E-state index contributed by atoms with van der Waals surface area (Å²) in [6.45, 7) is 0.762. The minimum absolute atomic E-state index is 0.0500. The molecule has 2 aliphatic rings. The summed E-state index contributed by atoms with van der Waals surface area (Å²) >= 11 is 0. The number of hydrogen-bond acceptors (Lipinski definition) is 4. The van der Waals surface area contributed by atoms with Gasteiger partial charge < -0.3 is 10.6 Å². The van der Waals surface area contributed by atoms with Gasteiger partial charge in [0, 0.05) is 18.3 Å². The zero-order valence-corrected chi connectivity index (χ0v) is 12.7. The van der Waals surface area contributed by atoms with Crippen LogP contribution in [0.4, 0.5) is 5.69 Å². The van der Waals surface area contributed by atoms with Crippen LogP contribution in [0.3, 0.4) is 0 Å². The van der Waals surface area contributed by atoms with Crippen LogP contribution in [0.25, 0.3) is 0 Å². The summed E-state index contributed by atoms with van der Waals surface area (Å²) in [7, 11) is -3.00. The second kappa shape index (κ2) is 5.67. The molecule has 2 aliphatic heterocycles. The van der Waals surface area contributed by atoms with Gasteiger partial charge >= 0.3 is 0 Å². The number of nitrogens with one attached hydrogen (secondary N) is 2. The fraction of sp³-hybridized carbons (Fsp3) is 0.533. The molecule has 0 aromatic heterocycles. The molecule has 0 bridgehead atoms. The lowest BCUT2D eigenvalue weighted by Gasteiger charge is -2.29. The van der Waals surface area contributed by atoms with Crippen LogP contribution in [-0.4, -0.2) is 38.4 Å². The van der Waals surface area contributed by atoms with E-state index in [1.807, 2.05) is 24.3 Å². The molecule has 2 atom stereocenters. The first kappa shape index (κ1) is 14.4. The van der Waals surface area contributed by atoms with Crippen LogP contribution in [-0.2, 0) is 14.6 Å². The second-order valence-electron chi connectivity index (χ2n) is 5.82. The van der Waals surface area contributed by atoms with E-state index in [9.17, 15) is 13.2 Å². The first-order chi connectivity index (χ1) is 10.1. The van der Waals surface area contributed by atoms with Crippen LogP contribution in [0.1, 0.15) is 30.7 Å². The third kappa shape index (κ3) is 3.20. The number of anilines is 1. The average molecular weight is 308 g/mol. The summed E-state index contributed by atoms with van der Waals surface area (Å²) < 4.78 is 23.3. The molecule has 1 saturated heterocycles. The van der Waals surface area contributed by atoms with Crippen molar-refractivity contribution in [1.29, 1.82) is 0 Å². The van der Waals surface area contributed by atoms with Crippen molar-refractivity contribution in [3.63, 3.8) is 0 Å². The number of fused-ring (bicyclic) bond motifs is 1. The molecule has 0 aliphatic carbocycles. The number of rotatable bonds is 2. The van der Waals surface area contributed by atoms with Crippen LogP contribution in [0, 0.1) is 0 Å². The van der Waals surface area contributed by atoms with Crippen molar-refractivity contribution in [2.45, 2.75) is 31.2 Å². The summed E-state index contributed by atoms with van der Waals surface area (Å²) in [5.74, 6) is 0.0825. The van der Waals surface area contributed by atoms with Gasteiger partial charge in [-0.1, -0.05) is 18.2 Å². The molecular formula is C15H20N2O3S. The van der Waals surface area contributed by atoms with E-state index in [2.05, 4.69) is 10.6 Å². The molecule has 1 amide bonds. The molecule has 21 heavy (non-hydrogen) atoms. The topological polar surface area (TPSA) is 75.3 Å². The molecule has 1 fully saturated rings. The van der Waals surface area contributed by atoms with Crippen molar-refractivity contribution in [3.8, 4) is 0 Å². The van der Waals surface area contributed by atoms with Crippen molar-refractivity contribution in [2.24, 2.45) is 0 Å². The first-order valence-electron chi connectivity index (χ1n) is 7.39. The Kier molecular flexibility index (Phi) is 3.89. The van der Waals surface area contributed by atoms with E-state index in [-0.39, 0.29) is 29.4 Å². The van der Waals surface area contributed by atoms with E-state index in [1.165, 1.54) is 0 Å². The Labute approximate surface area is 125 Å². The third-order valence-electron chi connectivity index (χ3n) is 4.21. The molecule has 0 saturated carbocycles. The van der Waals surface area contributed by atoms with Crippen LogP contribution in [0.2, 0.25) is 0 Å². The monoisotopic (exact) mass is 308 g/mol. The molecule has 0 spiro atoms. The number of amides is 1. The number of benzene rings is 1. The Morgan fingerprint density at radius 2 is 2.05 bits per heavy atom. The Balaban J connectivity index is 1.72. The number of carbonyl (C=O) groups excluding carboxylic acids is 1. The fourth-order valence-corrected chi connectivity index (χ4v) is 4.82. The van der Waals surface area contributed by atoms with Gasteiger partial charge in [0.15, 0.2) is 9.84 Å².